The molecule has 0 aliphatic rings. The molecular weight excluding hydrogens is 359 g/mol. The summed E-state index contributed by atoms with van der Waals surface area (Å²) in [5.74, 6) is 0. The van der Waals surface area contributed by atoms with E-state index in [1.54, 1.807) is 0 Å². The number of halogens is 1. The average molecular weight is 370 g/mol. The van der Waals surface area contributed by atoms with Gasteiger partial charge in [-0.15, -0.1) is 0 Å². The first-order chi connectivity index (χ1) is 9.84. The Morgan fingerprint density at radius 2 is 1.70 bits per heavy atom. The fourth-order valence-corrected chi connectivity index (χ4v) is 3.15. The van der Waals surface area contributed by atoms with Gasteiger partial charge in [0.2, 0.25) is 0 Å². The SMILES string of the molecule is Ic1ccc2c(c1)c1ncccc1n2-c1ccccc1. The van der Waals surface area contributed by atoms with Crippen LogP contribution in [-0.4, -0.2) is 9.55 Å². The van der Waals surface area contributed by atoms with Crippen molar-refractivity contribution in [2.45, 2.75) is 0 Å². The van der Waals surface area contributed by atoms with Gasteiger partial charge in [-0.1, -0.05) is 18.2 Å². The van der Waals surface area contributed by atoms with Crippen LogP contribution < -0.4 is 0 Å². The average Bonchev–Trinajstić information content (AvgIpc) is 2.82. The van der Waals surface area contributed by atoms with Crippen LogP contribution in [0.2, 0.25) is 0 Å². The summed E-state index contributed by atoms with van der Waals surface area (Å²) >= 11 is 2.35. The summed E-state index contributed by atoms with van der Waals surface area (Å²) in [7, 11) is 0. The normalized spacial score (nSPS) is 11.2. The Kier molecular flexibility index (Phi) is 2.73. The lowest BCUT2D eigenvalue weighted by Crippen LogP contribution is -1.92. The number of hydrogen-bond donors (Lipinski definition) is 0. The third-order valence-electron chi connectivity index (χ3n) is 3.50. The zero-order chi connectivity index (χ0) is 13.5. The number of hydrogen-bond acceptors (Lipinski definition) is 1. The molecule has 0 spiro atoms. The van der Waals surface area contributed by atoms with Crippen LogP contribution >= 0.6 is 22.6 Å². The fraction of sp³-hybridized carbons (Fsp3) is 0. The summed E-state index contributed by atoms with van der Waals surface area (Å²) < 4.78 is 3.50. The number of rotatable bonds is 1. The highest BCUT2D eigenvalue weighted by atomic mass is 127. The molecule has 0 unspecified atom stereocenters. The third-order valence-corrected chi connectivity index (χ3v) is 4.17. The summed E-state index contributed by atoms with van der Waals surface area (Å²) in [6.07, 6.45) is 1.86. The molecule has 2 heterocycles. The molecule has 96 valence electrons. The molecule has 0 aliphatic heterocycles. The topological polar surface area (TPSA) is 17.8 Å². The second-order valence-electron chi connectivity index (χ2n) is 4.70. The van der Waals surface area contributed by atoms with E-state index >= 15 is 0 Å². The molecule has 0 aliphatic carbocycles. The molecule has 0 amide bonds. The maximum atomic E-state index is 4.57. The summed E-state index contributed by atoms with van der Waals surface area (Å²) in [4.78, 5) is 4.57. The Morgan fingerprint density at radius 3 is 2.55 bits per heavy atom. The van der Waals surface area contributed by atoms with Gasteiger partial charge >= 0.3 is 0 Å². The van der Waals surface area contributed by atoms with Crippen molar-refractivity contribution in [3.63, 3.8) is 0 Å². The molecule has 0 bridgehead atoms. The Bertz CT molecular complexity index is 910. The van der Waals surface area contributed by atoms with E-state index in [0.29, 0.717) is 0 Å². The summed E-state index contributed by atoms with van der Waals surface area (Å²) in [6.45, 7) is 0. The van der Waals surface area contributed by atoms with Gasteiger partial charge in [-0.3, -0.25) is 4.98 Å². The molecule has 4 aromatic rings. The minimum absolute atomic E-state index is 1.06. The molecule has 0 radical (unpaired) electrons. The number of aromatic nitrogens is 2. The number of fused-ring (bicyclic) bond motifs is 3. The van der Waals surface area contributed by atoms with Crippen LogP contribution in [0.25, 0.3) is 27.6 Å². The number of benzene rings is 2. The van der Waals surface area contributed by atoms with Crippen LogP contribution in [0, 0.1) is 3.57 Å². The van der Waals surface area contributed by atoms with Crippen molar-refractivity contribution in [3.05, 3.63) is 70.4 Å². The van der Waals surface area contributed by atoms with E-state index in [9.17, 15) is 0 Å². The van der Waals surface area contributed by atoms with E-state index in [1.165, 1.54) is 20.2 Å². The second-order valence-corrected chi connectivity index (χ2v) is 5.95. The van der Waals surface area contributed by atoms with E-state index in [-0.39, 0.29) is 0 Å². The first-order valence-electron chi connectivity index (χ1n) is 6.45. The minimum atomic E-state index is 1.06. The highest BCUT2D eigenvalue weighted by Gasteiger charge is 2.12. The molecule has 0 N–H and O–H groups in total. The number of pyridine rings is 1. The molecule has 0 saturated carbocycles. The van der Waals surface area contributed by atoms with Crippen molar-refractivity contribution in [1.82, 2.24) is 9.55 Å². The standard InChI is InChI=1S/C17H11IN2/c18-12-8-9-15-14(11-12)17-16(7-4-10-19-17)20(15)13-5-2-1-3-6-13/h1-11H. The van der Waals surface area contributed by atoms with Crippen LogP contribution in [0.1, 0.15) is 0 Å². The molecule has 0 fully saturated rings. The van der Waals surface area contributed by atoms with Gasteiger partial charge < -0.3 is 4.57 Å². The highest BCUT2D eigenvalue weighted by molar-refractivity contribution is 14.1. The molecule has 0 saturated heterocycles. The van der Waals surface area contributed by atoms with Crippen molar-refractivity contribution in [2.24, 2.45) is 0 Å². The quantitative estimate of drug-likeness (QED) is 0.441. The lowest BCUT2D eigenvalue weighted by molar-refractivity contribution is 1.17. The Hall–Kier alpha value is -1.88. The monoisotopic (exact) mass is 370 g/mol. The summed E-state index contributed by atoms with van der Waals surface area (Å²) in [5.41, 5.74) is 4.58. The summed E-state index contributed by atoms with van der Waals surface area (Å²) in [6, 6.07) is 21.1. The maximum Gasteiger partial charge on any atom is 0.0963 e. The predicted octanol–water partition coefficient (Wildman–Crippen LogP) is 4.78. The lowest BCUT2D eigenvalue weighted by Gasteiger charge is -2.06. The van der Waals surface area contributed by atoms with E-state index in [1.807, 2.05) is 18.3 Å². The van der Waals surface area contributed by atoms with Crippen LogP contribution in [0.3, 0.4) is 0 Å². The maximum absolute atomic E-state index is 4.57. The first-order valence-corrected chi connectivity index (χ1v) is 7.52. The van der Waals surface area contributed by atoms with Gasteiger partial charge in [0.15, 0.2) is 0 Å². The zero-order valence-corrected chi connectivity index (χ0v) is 12.8. The van der Waals surface area contributed by atoms with Crippen LogP contribution in [0.15, 0.2) is 66.9 Å². The molecule has 2 aromatic heterocycles. The van der Waals surface area contributed by atoms with Crippen molar-refractivity contribution in [1.29, 1.82) is 0 Å². The molecule has 4 rings (SSSR count). The van der Waals surface area contributed by atoms with Crippen molar-refractivity contribution in [2.75, 3.05) is 0 Å². The van der Waals surface area contributed by atoms with E-state index < -0.39 is 0 Å². The third kappa shape index (κ3) is 1.73. The van der Waals surface area contributed by atoms with Gasteiger partial charge in [0.05, 0.1) is 16.6 Å². The molecular formula is C17H11IN2. The zero-order valence-electron chi connectivity index (χ0n) is 10.6. The molecule has 3 heteroatoms. The predicted molar refractivity (Wildman–Crippen MR) is 91.3 cm³/mol. The lowest BCUT2D eigenvalue weighted by atomic mass is 10.2. The van der Waals surface area contributed by atoms with Crippen LogP contribution in [0.4, 0.5) is 0 Å². The van der Waals surface area contributed by atoms with Gasteiger partial charge in [-0.05, 0) is 65.1 Å². The summed E-state index contributed by atoms with van der Waals surface area (Å²) in [5, 5.41) is 1.20. The largest absolute Gasteiger partial charge is 0.308 e. The minimum Gasteiger partial charge on any atom is -0.308 e. The van der Waals surface area contributed by atoms with Gasteiger partial charge in [-0.2, -0.15) is 0 Å². The molecule has 0 atom stereocenters. The Morgan fingerprint density at radius 1 is 0.850 bits per heavy atom. The Balaban J connectivity index is 2.22. The molecule has 2 aromatic carbocycles. The van der Waals surface area contributed by atoms with E-state index in [2.05, 4.69) is 80.7 Å². The van der Waals surface area contributed by atoms with Gasteiger partial charge in [0, 0.05) is 20.8 Å². The van der Waals surface area contributed by atoms with Gasteiger partial charge in [0.1, 0.15) is 0 Å². The number of para-hydroxylation sites is 1. The van der Waals surface area contributed by atoms with E-state index in [0.717, 1.165) is 11.0 Å². The molecule has 20 heavy (non-hydrogen) atoms. The van der Waals surface area contributed by atoms with Crippen LogP contribution in [-0.2, 0) is 0 Å². The smallest absolute Gasteiger partial charge is 0.0963 e. The van der Waals surface area contributed by atoms with Crippen molar-refractivity contribution >= 4 is 44.5 Å². The van der Waals surface area contributed by atoms with Gasteiger partial charge in [-0.25, -0.2) is 0 Å². The number of nitrogens with zero attached hydrogens (tertiary/aromatic N) is 2. The van der Waals surface area contributed by atoms with Crippen molar-refractivity contribution in [3.8, 4) is 5.69 Å². The van der Waals surface area contributed by atoms with Crippen LogP contribution in [0.5, 0.6) is 0 Å². The van der Waals surface area contributed by atoms with Gasteiger partial charge in [0.25, 0.3) is 0 Å². The first kappa shape index (κ1) is 11.9. The Labute approximate surface area is 130 Å². The second kappa shape index (κ2) is 4.59. The molecule has 2 nitrogen and oxygen atoms in total. The van der Waals surface area contributed by atoms with E-state index in [4.69, 9.17) is 0 Å². The fourth-order valence-electron chi connectivity index (χ4n) is 2.66. The van der Waals surface area contributed by atoms with Crippen molar-refractivity contribution < 1.29 is 0 Å². The highest BCUT2D eigenvalue weighted by Crippen LogP contribution is 2.31.